The van der Waals surface area contributed by atoms with Gasteiger partial charge in [0, 0.05) is 18.1 Å². The number of carbonyl (C=O) groups excluding carboxylic acids is 1. The Labute approximate surface area is 186 Å². The van der Waals surface area contributed by atoms with Crippen LogP contribution in [0.1, 0.15) is 33.8 Å². The maximum Gasteiger partial charge on any atom is 0.267 e. The molecule has 0 fully saturated rings. The van der Waals surface area contributed by atoms with Crippen molar-refractivity contribution in [3.8, 4) is 5.69 Å². The molecule has 0 spiro atoms. The fourth-order valence-corrected chi connectivity index (χ4v) is 6.27. The van der Waals surface area contributed by atoms with Gasteiger partial charge in [-0.1, -0.05) is 23.9 Å². The van der Waals surface area contributed by atoms with Crippen LogP contribution in [0.25, 0.3) is 15.9 Å². The molecule has 5 rings (SSSR count). The van der Waals surface area contributed by atoms with E-state index in [2.05, 4.69) is 0 Å². The SMILES string of the molecule is Cn1cccc1C(=O)CSc1nc2sc3c(c2c(=O)n1-c1ccccc1F)CCCC3. The molecule has 5 nitrogen and oxygen atoms in total. The van der Waals surface area contributed by atoms with E-state index >= 15 is 0 Å². The molecule has 4 aromatic rings. The molecule has 0 amide bonds. The fourth-order valence-electron chi connectivity index (χ4n) is 4.08. The molecule has 3 aromatic heterocycles. The van der Waals surface area contributed by atoms with Crippen LogP contribution < -0.4 is 5.56 Å². The summed E-state index contributed by atoms with van der Waals surface area (Å²) in [5.74, 6) is -0.460. The third-order valence-corrected chi connectivity index (χ3v) is 7.74. The van der Waals surface area contributed by atoms with Crippen molar-refractivity contribution in [3.05, 3.63) is 74.9 Å². The van der Waals surface area contributed by atoms with Crippen LogP contribution in [0.2, 0.25) is 0 Å². The van der Waals surface area contributed by atoms with Crippen molar-refractivity contribution in [2.75, 3.05) is 5.75 Å². The van der Waals surface area contributed by atoms with Gasteiger partial charge in [-0.2, -0.15) is 0 Å². The molecule has 0 bridgehead atoms. The highest BCUT2D eigenvalue weighted by atomic mass is 32.2. The first-order valence-electron chi connectivity index (χ1n) is 10.1. The number of halogens is 1. The maximum absolute atomic E-state index is 14.7. The van der Waals surface area contributed by atoms with E-state index in [1.54, 1.807) is 40.2 Å². The summed E-state index contributed by atoms with van der Waals surface area (Å²) in [5.41, 5.74) is 1.54. The normalized spacial score (nSPS) is 13.5. The Morgan fingerprint density at radius 2 is 2.00 bits per heavy atom. The van der Waals surface area contributed by atoms with Crippen LogP contribution in [0.3, 0.4) is 0 Å². The van der Waals surface area contributed by atoms with Gasteiger partial charge >= 0.3 is 0 Å². The monoisotopic (exact) mass is 453 g/mol. The lowest BCUT2D eigenvalue weighted by Gasteiger charge is -2.14. The van der Waals surface area contributed by atoms with Gasteiger partial charge in [0.05, 0.1) is 22.5 Å². The number of thiophene rings is 1. The van der Waals surface area contributed by atoms with Gasteiger partial charge in [0.25, 0.3) is 5.56 Å². The molecule has 1 aliphatic carbocycles. The molecule has 3 heterocycles. The topological polar surface area (TPSA) is 56.9 Å². The molecule has 0 aliphatic heterocycles. The van der Waals surface area contributed by atoms with Crippen molar-refractivity contribution < 1.29 is 9.18 Å². The molecule has 1 aromatic carbocycles. The minimum Gasteiger partial charge on any atom is -0.348 e. The highest BCUT2D eigenvalue weighted by Crippen LogP contribution is 2.35. The maximum atomic E-state index is 14.7. The van der Waals surface area contributed by atoms with E-state index < -0.39 is 5.82 Å². The minimum absolute atomic E-state index is 0.0718. The number of rotatable bonds is 5. The molecule has 0 radical (unpaired) electrons. The summed E-state index contributed by atoms with van der Waals surface area (Å²) in [4.78, 5) is 33.0. The van der Waals surface area contributed by atoms with Crippen LogP contribution in [0.4, 0.5) is 4.39 Å². The van der Waals surface area contributed by atoms with Crippen molar-refractivity contribution >= 4 is 39.1 Å². The van der Waals surface area contributed by atoms with E-state index in [0.29, 0.717) is 21.1 Å². The average Bonchev–Trinajstić information content (AvgIpc) is 3.36. The third kappa shape index (κ3) is 3.53. The molecule has 31 heavy (non-hydrogen) atoms. The number of carbonyl (C=O) groups is 1. The lowest BCUT2D eigenvalue weighted by molar-refractivity contribution is 0.101. The summed E-state index contributed by atoms with van der Waals surface area (Å²) in [6.07, 6.45) is 5.76. The number of nitrogens with zero attached hydrogens (tertiary/aromatic N) is 3. The first-order chi connectivity index (χ1) is 15.0. The number of Topliss-reactive ketones (excluding diaryl/α,β-unsaturated/α-hetero) is 1. The second-order valence-electron chi connectivity index (χ2n) is 7.59. The molecular weight excluding hydrogens is 433 g/mol. The summed E-state index contributed by atoms with van der Waals surface area (Å²) in [7, 11) is 1.81. The number of fused-ring (bicyclic) bond motifs is 3. The number of hydrogen-bond donors (Lipinski definition) is 0. The van der Waals surface area contributed by atoms with Crippen molar-refractivity contribution in [1.29, 1.82) is 0 Å². The first-order valence-corrected chi connectivity index (χ1v) is 11.9. The van der Waals surface area contributed by atoms with E-state index in [-0.39, 0.29) is 22.8 Å². The number of aromatic nitrogens is 3. The van der Waals surface area contributed by atoms with Crippen molar-refractivity contribution in [2.45, 2.75) is 30.8 Å². The Bertz CT molecular complexity index is 1370. The highest BCUT2D eigenvalue weighted by Gasteiger charge is 2.24. The molecule has 1 aliphatic rings. The summed E-state index contributed by atoms with van der Waals surface area (Å²) >= 11 is 2.72. The number of ketones is 1. The van der Waals surface area contributed by atoms with Crippen LogP contribution >= 0.6 is 23.1 Å². The van der Waals surface area contributed by atoms with E-state index in [0.717, 1.165) is 31.2 Å². The standard InChI is InChI=1S/C23H20FN3O2S2/c1-26-12-6-10-17(26)18(28)13-30-23-25-21-20(14-7-2-5-11-19(14)31-21)22(29)27(23)16-9-4-3-8-15(16)24/h3-4,6,8-10,12H,2,5,7,11,13H2,1H3. The highest BCUT2D eigenvalue weighted by molar-refractivity contribution is 7.99. The number of benzene rings is 1. The lowest BCUT2D eigenvalue weighted by Crippen LogP contribution is -2.23. The van der Waals surface area contributed by atoms with Gasteiger partial charge in [0.2, 0.25) is 0 Å². The van der Waals surface area contributed by atoms with Crippen LogP contribution in [-0.4, -0.2) is 25.7 Å². The second-order valence-corrected chi connectivity index (χ2v) is 9.62. The molecule has 0 saturated carbocycles. The van der Waals surface area contributed by atoms with Crippen LogP contribution in [0.15, 0.2) is 52.5 Å². The quantitative estimate of drug-likeness (QED) is 0.248. The number of para-hydroxylation sites is 1. The van der Waals surface area contributed by atoms with Gasteiger partial charge in [-0.05, 0) is 55.5 Å². The molecule has 8 heteroatoms. The zero-order valence-corrected chi connectivity index (χ0v) is 18.6. The Kier molecular flexibility index (Phi) is 5.27. The predicted octanol–water partition coefficient (Wildman–Crippen LogP) is 4.78. The van der Waals surface area contributed by atoms with Crippen molar-refractivity contribution in [2.24, 2.45) is 7.05 Å². The van der Waals surface area contributed by atoms with Gasteiger partial charge in [0.1, 0.15) is 10.6 Å². The van der Waals surface area contributed by atoms with Crippen molar-refractivity contribution in [3.63, 3.8) is 0 Å². The Hall–Kier alpha value is -2.71. The number of aryl methyl sites for hydroxylation is 3. The van der Waals surface area contributed by atoms with E-state index in [9.17, 15) is 14.0 Å². The number of thioether (sulfide) groups is 1. The zero-order valence-electron chi connectivity index (χ0n) is 16.9. The molecule has 0 saturated heterocycles. The summed E-state index contributed by atoms with van der Waals surface area (Å²) in [6, 6.07) is 9.77. The van der Waals surface area contributed by atoms with Gasteiger partial charge in [-0.3, -0.25) is 14.2 Å². The molecule has 0 N–H and O–H groups in total. The summed E-state index contributed by atoms with van der Waals surface area (Å²) < 4.78 is 17.8. The average molecular weight is 454 g/mol. The summed E-state index contributed by atoms with van der Waals surface area (Å²) in [5, 5.41) is 0.935. The summed E-state index contributed by atoms with van der Waals surface area (Å²) in [6.45, 7) is 0. The smallest absolute Gasteiger partial charge is 0.267 e. The number of hydrogen-bond acceptors (Lipinski definition) is 5. The molecule has 158 valence electrons. The second kappa shape index (κ2) is 8.09. The van der Waals surface area contributed by atoms with Gasteiger partial charge in [0.15, 0.2) is 10.9 Å². The molecular formula is C23H20FN3O2S2. The molecule has 0 atom stereocenters. The predicted molar refractivity (Wildman–Crippen MR) is 122 cm³/mol. The zero-order chi connectivity index (χ0) is 21.5. The van der Waals surface area contributed by atoms with Crippen LogP contribution in [0.5, 0.6) is 0 Å². The van der Waals surface area contributed by atoms with E-state index in [4.69, 9.17) is 4.98 Å². The first kappa shape index (κ1) is 20.2. The molecule has 0 unspecified atom stereocenters. The Morgan fingerprint density at radius 1 is 1.19 bits per heavy atom. The largest absolute Gasteiger partial charge is 0.348 e. The Morgan fingerprint density at radius 3 is 2.77 bits per heavy atom. The van der Waals surface area contributed by atoms with Gasteiger partial charge in [-0.15, -0.1) is 11.3 Å². The van der Waals surface area contributed by atoms with Gasteiger partial charge < -0.3 is 4.57 Å². The van der Waals surface area contributed by atoms with E-state index in [1.165, 1.54) is 27.3 Å². The van der Waals surface area contributed by atoms with Crippen LogP contribution in [0, 0.1) is 5.82 Å². The third-order valence-electron chi connectivity index (χ3n) is 5.61. The van der Waals surface area contributed by atoms with Crippen LogP contribution in [-0.2, 0) is 19.9 Å². The Balaban J connectivity index is 1.65. The van der Waals surface area contributed by atoms with Crippen molar-refractivity contribution in [1.82, 2.24) is 14.1 Å². The van der Waals surface area contributed by atoms with Gasteiger partial charge in [-0.25, -0.2) is 9.37 Å². The minimum atomic E-state index is -0.495. The van der Waals surface area contributed by atoms with E-state index in [1.807, 2.05) is 19.3 Å². The fraction of sp³-hybridized carbons (Fsp3) is 0.261. The lowest BCUT2D eigenvalue weighted by atomic mass is 9.97.